The minimum absolute atomic E-state index is 0.120. The van der Waals surface area contributed by atoms with Crippen molar-refractivity contribution in [3.63, 3.8) is 0 Å². The Kier molecular flexibility index (Phi) is 2.60. The van der Waals surface area contributed by atoms with Gasteiger partial charge in [-0.25, -0.2) is 8.42 Å². The molecule has 0 amide bonds. The Bertz CT molecular complexity index is 380. The summed E-state index contributed by atoms with van der Waals surface area (Å²) in [6.45, 7) is 3.25. The lowest BCUT2D eigenvalue weighted by Gasteiger charge is -2.03. The summed E-state index contributed by atoms with van der Waals surface area (Å²) in [5, 5.41) is 3.09. The summed E-state index contributed by atoms with van der Waals surface area (Å²) in [7, 11) is -3.12. The number of rotatable bonds is 3. The smallest absolute Gasteiger partial charge is 0.222 e. The van der Waals surface area contributed by atoms with E-state index in [9.17, 15) is 8.42 Å². The minimum atomic E-state index is -3.12. The number of nitrogens with two attached hydrogens (primary N) is 1. The lowest BCUT2D eigenvalue weighted by molar-refractivity contribution is 0.429. The second kappa shape index (κ2) is 3.37. The van der Waals surface area contributed by atoms with Crippen molar-refractivity contribution in [3.8, 4) is 0 Å². The van der Waals surface area contributed by atoms with Crippen LogP contribution in [0.3, 0.4) is 0 Å². The predicted molar refractivity (Wildman–Crippen MR) is 48.7 cm³/mol. The maximum absolute atomic E-state index is 11.4. The van der Waals surface area contributed by atoms with Crippen molar-refractivity contribution >= 4 is 15.7 Å². The quantitative estimate of drug-likeness (QED) is 0.778. The predicted octanol–water partition coefficient (Wildman–Crippen LogP) is 0.580. The molecular weight excluding hydrogens is 192 g/mol. The molecule has 0 saturated carbocycles. The van der Waals surface area contributed by atoms with Gasteiger partial charge in [-0.3, -0.25) is 0 Å². The molecule has 0 saturated heterocycles. The Morgan fingerprint density at radius 3 is 2.62 bits per heavy atom. The normalized spacial score (nSPS) is 12.2. The van der Waals surface area contributed by atoms with Crippen LogP contribution in [0.25, 0.3) is 0 Å². The number of nitrogens with zero attached hydrogens (tertiary/aromatic N) is 1. The van der Waals surface area contributed by atoms with Gasteiger partial charge >= 0.3 is 0 Å². The van der Waals surface area contributed by atoms with E-state index in [0.29, 0.717) is 5.69 Å². The van der Waals surface area contributed by atoms with E-state index in [1.807, 2.05) is 0 Å². The Morgan fingerprint density at radius 1 is 1.62 bits per heavy atom. The molecule has 0 aliphatic heterocycles. The molecule has 6 heteroatoms. The monoisotopic (exact) mass is 204 g/mol. The fourth-order valence-corrected chi connectivity index (χ4v) is 1.65. The Hall–Kier alpha value is -1.04. The van der Waals surface area contributed by atoms with Crippen LogP contribution in [0.15, 0.2) is 10.6 Å². The zero-order chi connectivity index (χ0) is 10.1. The molecule has 0 aliphatic rings. The first-order valence-corrected chi connectivity index (χ1v) is 5.56. The van der Waals surface area contributed by atoms with Crippen LogP contribution in [-0.2, 0) is 15.6 Å². The van der Waals surface area contributed by atoms with Crippen LogP contribution in [0, 0.1) is 0 Å². The fourth-order valence-electron chi connectivity index (χ4n) is 0.769. The van der Waals surface area contributed by atoms with Crippen LogP contribution in [0.1, 0.15) is 19.5 Å². The van der Waals surface area contributed by atoms with Crippen molar-refractivity contribution in [1.29, 1.82) is 0 Å². The van der Waals surface area contributed by atoms with Gasteiger partial charge in [-0.05, 0) is 13.8 Å². The molecule has 0 fully saturated rings. The van der Waals surface area contributed by atoms with Gasteiger partial charge in [-0.15, -0.1) is 0 Å². The van der Waals surface area contributed by atoms with Crippen molar-refractivity contribution in [2.75, 3.05) is 5.73 Å². The Morgan fingerprint density at radius 2 is 2.23 bits per heavy atom. The van der Waals surface area contributed by atoms with Crippen LogP contribution < -0.4 is 5.73 Å². The van der Waals surface area contributed by atoms with Gasteiger partial charge in [0.1, 0.15) is 5.69 Å². The molecule has 1 aromatic heterocycles. The van der Waals surface area contributed by atoms with Crippen molar-refractivity contribution in [2.45, 2.75) is 24.9 Å². The van der Waals surface area contributed by atoms with Gasteiger partial charge in [0.2, 0.25) is 5.88 Å². The molecule has 1 rings (SSSR count). The highest BCUT2D eigenvalue weighted by molar-refractivity contribution is 7.91. The van der Waals surface area contributed by atoms with Crippen molar-refractivity contribution in [1.82, 2.24) is 5.16 Å². The molecule has 1 aromatic rings. The van der Waals surface area contributed by atoms with Crippen molar-refractivity contribution in [3.05, 3.63) is 11.8 Å². The minimum Gasteiger partial charge on any atom is -0.368 e. The van der Waals surface area contributed by atoms with Crippen LogP contribution in [0.2, 0.25) is 0 Å². The SMILES string of the molecule is CC(C)S(=O)(=O)Cc1cc(N)on1. The highest BCUT2D eigenvalue weighted by Crippen LogP contribution is 2.12. The van der Waals surface area contributed by atoms with E-state index in [0.717, 1.165) is 0 Å². The molecule has 0 aromatic carbocycles. The number of sulfone groups is 1. The highest BCUT2D eigenvalue weighted by atomic mass is 32.2. The molecule has 0 bridgehead atoms. The van der Waals surface area contributed by atoms with E-state index in [1.54, 1.807) is 13.8 Å². The number of nitrogen functional groups attached to an aromatic ring is 1. The third-order valence-electron chi connectivity index (χ3n) is 1.64. The first-order valence-electron chi connectivity index (χ1n) is 3.84. The van der Waals surface area contributed by atoms with Crippen LogP contribution >= 0.6 is 0 Å². The van der Waals surface area contributed by atoms with Gasteiger partial charge in [-0.2, -0.15) is 0 Å². The van der Waals surface area contributed by atoms with Gasteiger partial charge in [0.25, 0.3) is 0 Å². The van der Waals surface area contributed by atoms with E-state index in [1.165, 1.54) is 6.07 Å². The van der Waals surface area contributed by atoms with Crippen molar-refractivity contribution < 1.29 is 12.9 Å². The Labute approximate surface area is 76.8 Å². The van der Waals surface area contributed by atoms with E-state index in [4.69, 9.17) is 5.73 Å². The Balaban J connectivity index is 2.81. The number of hydrogen-bond acceptors (Lipinski definition) is 5. The molecule has 13 heavy (non-hydrogen) atoms. The van der Waals surface area contributed by atoms with Crippen LogP contribution in [0.4, 0.5) is 5.88 Å². The molecular formula is C7H12N2O3S. The van der Waals surface area contributed by atoms with Crippen LogP contribution in [-0.4, -0.2) is 18.8 Å². The maximum atomic E-state index is 11.4. The summed E-state index contributed by atoms with van der Waals surface area (Å²) < 4.78 is 27.3. The van der Waals surface area contributed by atoms with Gasteiger partial charge in [0, 0.05) is 6.07 Å². The largest absolute Gasteiger partial charge is 0.368 e. The molecule has 2 N–H and O–H groups in total. The molecule has 0 unspecified atom stereocenters. The first-order chi connectivity index (χ1) is 5.92. The van der Waals surface area contributed by atoms with Gasteiger partial charge in [0.15, 0.2) is 9.84 Å². The highest BCUT2D eigenvalue weighted by Gasteiger charge is 2.18. The number of aromatic nitrogens is 1. The topological polar surface area (TPSA) is 86.2 Å². The summed E-state index contributed by atoms with van der Waals surface area (Å²) in [4.78, 5) is 0. The molecule has 5 nitrogen and oxygen atoms in total. The molecule has 1 heterocycles. The summed E-state index contributed by atoms with van der Waals surface area (Å²) in [5.41, 5.74) is 5.60. The summed E-state index contributed by atoms with van der Waals surface area (Å²) in [6.07, 6.45) is 0. The molecule has 0 aliphatic carbocycles. The average molecular weight is 204 g/mol. The summed E-state index contributed by atoms with van der Waals surface area (Å²) in [5.74, 6) is 0.0136. The third kappa shape index (κ3) is 2.45. The number of hydrogen-bond donors (Lipinski definition) is 1. The molecule has 0 spiro atoms. The van der Waals surface area contributed by atoms with Crippen molar-refractivity contribution in [2.24, 2.45) is 0 Å². The van der Waals surface area contributed by atoms with Gasteiger partial charge in [0.05, 0.1) is 11.0 Å². The van der Waals surface area contributed by atoms with E-state index >= 15 is 0 Å². The zero-order valence-electron chi connectivity index (χ0n) is 7.52. The van der Waals surface area contributed by atoms with E-state index in [2.05, 4.69) is 9.68 Å². The fraction of sp³-hybridized carbons (Fsp3) is 0.571. The second-order valence-corrected chi connectivity index (χ2v) is 5.63. The van der Waals surface area contributed by atoms with Crippen LogP contribution in [0.5, 0.6) is 0 Å². The maximum Gasteiger partial charge on any atom is 0.222 e. The number of anilines is 1. The zero-order valence-corrected chi connectivity index (χ0v) is 8.34. The van der Waals surface area contributed by atoms with Gasteiger partial charge < -0.3 is 10.3 Å². The second-order valence-electron chi connectivity index (χ2n) is 3.08. The summed E-state index contributed by atoms with van der Waals surface area (Å²) in [6, 6.07) is 1.42. The summed E-state index contributed by atoms with van der Waals surface area (Å²) >= 11 is 0. The first kappa shape index (κ1) is 10.0. The molecule has 74 valence electrons. The third-order valence-corrected chi connectivity index (χ3v) is 3.78. The van der Waals surface area contributed by atoms with Gasteiger partial charge in [-0.1, -0.05) is 5.16 Å². The molecule has 0 atom stereocenters. The lowest BCUT2D eigenvalue weighted by Crippen LogP contribution is -2.16. The van der Waals surface area contributed by atoms with E-state index < -0.39 is 15.1 Å². The standard InChI is InChI=1S/C7H12N2O3S/c1-5(2)13(10,11)4-6-3-7(8)12-9-6/h3,5H,4,8H2,1-2H3. The average Bonchev–Trinajstić information content (AvgIpc) is 2.34. The van der Waals surface area contributed by atoms with E-state index in [-0.39, 0.29) is 11.6 Å². The molecule has 0 radical (unpaired) electrons. The lowest BCUT2D eigenvalue weighted by atomic mass is 10.5.